The molecule has 0 radical (unpaired) electrons. The molecule has 4 aliphatic carbocycles. The molecule has 2 heterocycles. The number of piperidine rings is 1. The van der Waals surface area contributed by atoms with E-state index in [0.717, 1.165) is 45.2 Å². The van der Waals surface area contributed by atoms with Gasteiger partial charge in [-0.25, -0.2) is 4.79 Å². The lowest BCUT2D eigenvalue weighted by atomic mass is 9.52. The van der Waals surface area contributed by atoms with E-state index in [4.69, 9.17) is 4.74 Å². The highest BCUT2D eigenvalue weighted by molar-refractivity contribution is 5.79. The van der Waals surface area contributed by atoms with Crippen LogP contribution in [0.5, 0.6) is 0 Å². The summed E-state index contributed by atoms with van der Waals surface area (Å²) in [6.45, 7) is 2.90. The SMILES string of the molecule is O=C1N(C2C3CC4CC2CC(O)(C4)C3)CC2(COCc3ccccc3)CCCCN12. The second kappa shape index (κ2) is 6.96. The summed E-state index contributed by atoms with van der Waals surface area (Å²) in [7, 11) is 0. The highest BCUT2D eigenvalue weighted by atomic mass is 16.5. The Balaban J connectivity index is 1.21. The molecular weight excluding hydrogens is 376 g/mol. The number of carbonyl (C=O) groups is 1. The maximum absolute atomic E-state index is 13.6. The van der Waals surface area contributed by atoms with E-state index in [2.05, 4.69) is 21.9 Å². The minimum Gasteiger partial charge on any atom is -0.390 e. The molecule has 3 atom stereocenters. The molecule has 1 aromatic rings. The molecule has 0 spiro atoms. The molecule has 7 rings (SSSR count). The first-order chi connectivity index (χ1) is 14.6. The topological polar surface area (TPSA) is 53.0 Å². The van der Waals surface area contributed by atoms with Crippen LogP contribution in [-0.4, -0.2) is 57.8 Å². The smallest absolute Gasteiger partial charge is 0.320 e. The van der Waals surface area contributed by atoms with Crippen LogP contribution in [0, 0.1) is 17.8 Å². The first-order valence-corrected chi connectivity index (χ1v) is 12.0. The number of aliphatic hydroxyl groups is 1. The van der Waals surface area contributed by atoms with E-state index < -0.39 is 5.60 Å². The Bertz CT molecular complexity index is 798. The number of carbonyl (C=O) groups excluding carboxylic acids is 1. The molecule has 162 valence electrons. The van der Waals surface area contributed by atoms with E-state index in [1.54, 1.807) is 0 Å². The molecule has 30 heavy (non-hydrogen) atoms. The van der Waals surface area contributed by atoms with Gasteiger partial charge < -0.3 is 19.6 Å². The van der Waals surface area contributed by atoms with Gasteiger partial charge in [-0.3, -0.25) is 0 Å². The molecule has 1 N–H and O–H groups in total. The molecule has 6 aliphatic rings. The second-order valence-corrected chi connectivity index (χ2v) is 10.9. The number of nitrogens with zero attached hydrogens (tertiary/aromatic N) is 2. The summed E-state index contributed by atoms with van der Waals surface area (Å²) in [5.41, 5.74) is 0.571. The van der Waals surface area contributed by atoms with E-state index in [0.29, 0.717) is 37.0 Å². The zero-order chi connectivity index (χ0) is 20.3. The largest absolute Gasteiger partial charge is 0.390 e. The summed E-state index contributed by atoms with van der Waals surface area (Å²) in [5, 5.41) is 11.0. The molecule has 5 heteroatoms. The Morgan fingerprint density at radius 2 is 1.83 bits per heavy atom. The summed E-state index contributed by atoms with van der Waals surface area (Å²) in [4.78, 5) is 18.0. The Kier molecular flexibility index (Phi) is 4.44. The van der Waals surface area contributed by atoms with Crippen molar-refractivity contribution in [1.29, 1.82) is 0 Å². The van der Waals surface area contributed by atoms with Gasteiger partial charge in [0.05, 0.1) is 24.4 Å². The zero-order valence-corrected chi connectivity index (χ0v) is 17.8. The van der Waals surface area contributed by atoms with Crippen molar-refractivity contribution in [2.24, 2.45) is 17.8 Å². The maximum Gasteiger partial charge on any atom is 0.320 e. The highest BCUT2D eigenvalue weighted by Gasteiger charge is 2.60. The molecule has 1 aromatic carbocycles. The molecule has 6 fully saturated rings. The van der Waals surface area contributed by atoms with E-state index >= 15 is 0 Å². The highest BCUT2D eigenvalue weighted by Crippen LogP contribution is 2.58. The van der Waals surface area contributed by atoms with Crippen molar-refractivity contribution in [3.63, 3.8) is 0 Å². The van der Waals surface area contributed by atoms with Crippen LogP contribution >= 0.6 is 0 Å². The Hall–Kier alpha value is -1.59. The summed E-state index contributed by atoms with van der Waals surface area (Å²) < 4.78 is 6.22. The van der Waals surface area contributed by atoms with E-state index in [1.165, 1.54) is 24.8 Å². The van der Waals surface area contributed by atoms with Gasteiger partial charge in [-0.2, -0.15) is 0 Å². The average Bonchev–Trinajstić information content (AvgIpc) is 3.00. The van der Waals surface area contributed by atoms with Gasteiger partial charge in [0, 0.05) is 19.1 Å². The fraction of sp³-hybridized carbons (Fsp3) is 0.720. The lowest BCUT2D eigenvalue weighted by Gasteiger charge is -2.59. The van der Waals surface area contributed by atoms with Crippen molar-refractivity contribution in [3.8, 4) is 0 Å². The summed E-state index contributed by atoms with van der Waals surface area (Å²) in [5.74, 6) is 1.63. The van der Waals surface area contributed by atoms with Gasteiger partial charge in [0.25, 0.3) is 0 Å². The molecule has 5 nitrogen and oxygen atoms in total. The fourth-order valence-corrected chi connectivity index (χ4v) is 7.92. The Morgan fingerprint density at radius 1 is 1.07 bits per heavy atom. The predicted octanol–water partition coefficient (Wildman–Crippen LogP) is 3.80. The standard InChI is InChI=1S/C25H34N2O3/c28-23-26(22-20-10-19-11-21(22)14-25(29,12-19)13-20)16-24(8-4-5-9-27(23)24)17-30-15-18-6-2-1-3-7-18/h1-3,6-7,19-22,29H,4-5,8-17H2. The summed E-state index contributed by atoms with van der Waals surface area (Å²) >= 11 is 0. The van der Waals surface area contributed by atoms with Gasteiger partial charge in [0.15, 0.2) is 0 Å². The van der Waals surface area contributed by atoms with Crippen LogP contribution in [0.3, 0.4) is 0 Å². The third-order valence-corrected chi connectivity index (χ3v) is 8.82. The number of amides is 2. The van der Waals surface area contributed by atoms with Crippen LogP contribution in [0.15, 0.2) is 30.3 Å². The molecule has 4 bridgehead atoms. The minimum absolute atomic E-state index is 0.171. The number of benzene rings is 1. The van der Waals surface area contributed by atoms with Crippen LogP contribution in [0.25, 0.3) is 0 Å². The quantitative estimate of drug-likeness (QED) is 0.803. The maximum atomic E-state index is 13.6. The minimum atomic E-state index is -0.445. The number of ether oxygens (including phenoxy) is 1. The Morgan fingerprint density at radius 3 is 2.57 bits per heavy atom. The third-order valence-electron chi connectivity index (χ3n) is 8.82. The van der Waals surface area contributed by atoms with Gasteiger partial charge in [-0.1, -0.05) is 30.3 Å². The molecular formula is C25H34N2O3. The van der Waals surface area contributed by atoms with Crippen molar-refractivity contribution in [2.75, 3.05) is 19.7 Å². The first-order valence-electron chi connectivity index (χ1n) is 12.0. The van der Waals surface area contributed by atoms with Gasteiger partial charge in [0.2, 0.25) is 0 Å². The first kappa shape index (κ1) is 19.1. The normalized spacial score (nSPS) is 42.1. The van der Waals surface area contributed by atoms with Crippen LogP contribution in [-0.2, 0) is 11.3 Å². The monoisotopic (exact) mass is 410 g/mol. The molecule has 2 amide bonds. The lowest BCUT2D eigenvalue weighted by molar-refractivity contribution is -0.153. The van der Waals surface area contributed by atoms with E-state index in [9.17, 15) is 9.90 Å². The average molecular weight is 411 g/mol. The molecule has 3 unspecified atom stereocenters. The van der Waals surface area contributed by atoms with Crippen LogP contribution < -0.4 is 0 Å². The second-order valence-electron chi connectivity index (χ2n) is 10.9. The van der Waals surface area contributed by atoms with Gasteiger partial charge >= 0.3 is 6.03 Å². The van der Waals surface area contributed by atoms with E-state index in [1.807, 2.05) is 18.2 Å². The summed E-state index contributed by atoms with van der Waals surface area (Å²) in [6, 6.07) is 10.9. The number of rotatable bonds is 5. The number of urea groups is 1. The fourth-order valence-electron chi connectivity index (χ4n) is 7.92. The number of hydrogen-bond acceptors (Lipinski definition) is 3. The van der Waals surface area contributed by atoms with Crippen molar-refractivity contribution >= 4 is 6.03 Å². The van der Waals surface area contributed by atoms with Gasteiger partial charge in [0.1, 0.15) is 0 Å². The van der Waals surface area contributed by atoms with Crippen molar-refractivity contribution in [1.82, 2.24) is 9.80 Å². The lowest BCUT2D eigenvalue weighted by Crippen LogP contribution is -2.62. The van der Waals surface area contributed by atoms with Crippen LogP contribution in [0.1, 0.15) is 56.9 Å². The van der Waals surface area contributed by atoms with Crippen LogP contribution in [0.2, 0.25) is 0 Å². The molecule has 4 saturated carbocycles. The van der Waals surface area contributed by atoms with Crippen molar-refractivity contribution in [3.05, 3.63) is 35.9 Å². The number of fused-ring (bicyclic) bond motifs is 1. The van der Waals surface area contributed by atoms with Crippen molar-refractivity contribution < 1.29 is 14.6 Å². The van der Waals surface area contributed by atoms with Crippen molar-refractivity contribution in [2.45, 2.75) is 75.2 Å². The van der Waals surface area contributed by atoms with E-state index in [-0.39, 0.29) is 11.6 Å². The van der Waals surface area contributed by atoms with Crippen LogP contribution in [0.4, 0.5) is 4.79 Å². The predicted molar refractivity (Wildman–Crippen MR) is 114 cm³/mol. The van der Waals surface area contributed by atoms with Gasteiger partial charge in [-0.15, -0.1) is 0 Å². The summed E-state index contributed by atoms with van der Waals surface area (Å²) in [6.07, 6.45) is 8.49. The molecule has 0 aromatic heterocycles. The Labute approximate surface area is 179 Å². The zero-order valence-electron chi connectivity index (χ0n) is 17.8. The number of hydrogen-bond donors (Lipinski definition) is 1. The molecule has 2 aliphatic heterocycles. The van der Waals surface area contributed by atoms with Gasteiger partial charge in [-0.05, 0) is 74.7 Å². The molecule has 2 saturated heterocycles. The third kappa shape index (κ3) is 3.00.